The molecule has 0 unspecified atom stereocenters. The van der Waals surface area contributed by atoms with E-state index in [1.165, 1.54) is 10.2 Å². The van der Waals surface area contributed by atoms with E-state index in [9.17, 15) is 0 Å². The highest BCUT2D eigenvalue weighted by molar-refractivity contribution is 6.05. The maximum atomic E-state index is 5.44. The van der Waals surface area contributed by atoms with Gasteiger partial charge in [0.1, 0.15) is 0 Å². The van der Waals surface area contributed by atoms with Crippen molar-refractivity contribution in [2.75, 3.05) is 6.54 Å². The van der Waals surface area contributed by atoms with Crippen molar-refractivity contribution in [3.05, 3.63) is 17.5 Å². The van der Waals surface area contributed by atoms with Crippen molar-refractivity contribution >= 4 is 7.98 Å². The van der Waals surface area contributed by atoms with Crippen LogP contribution in [0.5, 0.6) is 0 Å². The highest BCUT2D eigenvalue weighted by atomic mass is 15.2. The number of nitrogens with zero attached hydrogens (tertiary/aromatic N) is 2. The van der Waals surface area contributed by atoms with Gasteiger partial charge < -0.3 is 9.91 Å². The Bertz CT molecular complexity index is 220. The first-order valence-corrected chi connectivity index (χ1v) is 3.39. The van der Waals surface area contributed by atoms with Crippen LogP contribution in [-0.2, 0) is 13.0 Å². The minimum Gasteiger partial charge on any atom is -0.330 e. The number of rotatable bonds is 0. The van der Waals surface area contributed by atoms with Gasteiger partial charge in [0.15, 0.2) is 0 Å². The lowest BCUT2D eigenvalue weighted by Gasteiger charge is -2.09. The van der Waals surface area contributed by atoms with Crippen LogP contribution in [0, 0.1) is 0 Å². The molecule has 0 saturated heterocycles. The first-order chi connectivity index (χ1) is 4.86. The third kappa shape index (κ3) is 0.846. The van der Waals surface area contributed by atoms with Gasteiger partial charge in [-0.1, -0.05) is 0 Å². The molecule has 2 rings (SSSR count). The fourth-order valence-corrected chi connectivity index (χ4v) is 1.25. The monoisotopic (exact) mass is 133 g/mol. The highest BCUT2D eigenvalue weighted by Crippen LogP contribution is 2.09. The summed E-state index contributed by atoms with van der Waals surface area (Å²) in [6, 6.07) is 0. The van der Waals surface area contributed by atoms with E-state index >= 15 is 0 Å². The highest BCUT2D eigenvalue weighted by Gasteiger charge is 2.10. The van der Waals surface area contributed by atoms with Crippen molar-refractivity contribution in [3.63, 3.8) is 0 Å². The Hall–Kier alpha value is -0.765. The summed E-state index contributed by atoms with van der Waals surface area (Å²) < 4.78 is 1.39. The smallest absolute Gasteiger partial charge is 0.264 e. The zero-order valence-corrected chi connectivity index (χ0v) is 5.67. The van der Waals surface area contributed by atoms with Crippen LogP contribution in [0.1, 0.15) is 11.3 Å². The Morgan fingerprint density at radius 2 is 2.60 bits per heavy atom. The Labute approximate surface area is 60.9 Å². The maximum absolute atomic E-state index is 5.44. The molecule has 50 valence electrons. The molecule has 0 bridgehead atoms. The summed E-state index contributed by atoms with van der Waals surface area (Å²) in [5.74, 6) is 0. The quantitative estimate of drug-likeness (QED) is 0.481. The number of nitrogens with one attached hydrogen (secondary N) is 1. The van der Waals surface area contributed by atoms with Gasteiger partial charge in [0.05, 0.1) is 5.69 Å². The van der Waals surface area contributed by atoms with Gasteiger partial charge in [-0.05, 0) is 18.5 Å². The van der Waals surface area contributed by atoms with Crippen LogP contribution < -0.4 is 5.32 Å². The van der Waals surface area contributed by atoms with E-state index < -0.39 is 0 Å². The number of hydrogen-bond donors (Lipinski definition) is 1. The second kappa shape index (κ2) is 2.13. The van der Waals surface area contributed by atoms with E-state index in [0.717, 1.165) is 25.2 Å². The van der Waals surface area contributed by atoms with Gasteiger partial charge in [0.2, 0.25) is 0 Å². The lowest BCUT2D eigenvalue weighted by atomic mass is 10.1. The third-order valence-electron chi connectivity index (χ3n) is 1.76. The summed E-state index contributed by atoms with van der Waals surface area (Å²) in [7, 11) is 5.44. The van der Waals surface area contributed by atoms with Gasteiger partial charge in [0.25, 0.3) is 7.98 Å². The molecular formula is C6H8BN3. The summed E-state index contributed by atoms with van der Waals surface area (Å²) in [6.45, 7) is 1.90. The summed E-state index contributed by atoms with van der Waals surface area (Å²) in [6.07, 6.45) is 2.93. The molecule has 0 aromatic carbocycles. The van der Waals surface area contributed by atoms with Gasteiger partial charge in [0, 0.05) is 12.7 Å². The average molecular weight is 133 g/mol. The average Bonchev–Trinajstić information content (AvgIpc) is 2.27. The predicted molar refractivity (Wildman–Crippen MR) is 38.8 cm³/mol. The third-order valence-corrected chi connectivity index (χ3v) is 1.76. The van der Waals surface area contributed by atoms with Crippen LogP contribution >= 0.6 is 0 Å². The maximum Gasteiger partial charge on any atom is 0.264 e. The van der Waals surface area contributed by atoms with Crippen LogP contribution in [-0.4, -0.2) is 24.2 Å². The van der Waals surface area contributed by atoms with Gasteiger partial charge in [-0.3, -0.25) is 0 Å². The molecule has 1 N–H and O–H groups in total. The molecule has 1 aromatic rings. The van der Waals surface area contributed by atoms with Crippen molar-refractivity contribution in [2.24, 2.45) is 0 Å². The SMILES string of the molecule is [B]n1cc2c(n1)CNCC2. The van der Waals surface area contributed by atoms with Crippen LogP contribution in [0.3, 0.4) is 0 Å². The van der Waals surface area contributed by atoms with E-state index in [-0.39, 0.29) is 0 Å². The van der Waals surface area contributed by atoms with Crippen molar-refractivity contribution in [3.8, 4) is 0 Å². The minimum absolute atomic E-state index is 0.861. The largest absolute Gasteiger partial charge is 0.330 e. The van der Waals surface area contributed by atoms with Gasteiger partial charge in [-0.2, -0.15) is 5.10 Å². The summed E-state index contributed by atoms with van der Waals surface area (Å²) >= 11 is 0. The van der Waals surface area contributed by atoms with Crippen molar-refractivity contribution in [1.82, 2.24) is 15.0 Å². The molecule has 3 nitrogen and oxygen atoms in total. The van der Waals surface area contributed by atoms with Crippen molar-refractivity contribution in [2.45, 2.75) is 13.0 Å². The fraction of sp³-hybridized carbons (Fsp3) is 0.500. The minimum atomic E-state index is 0.861. The topological polar surface area (TPSA) is 29.9 Å². The van der Waals surface area contributed by atoms with Crippen LogP contribution in [0.25, 0.3) is 0 Å². The lowest BCUT2D eigenvalue weighted by Crippen LogP contribution is -2.22. The second-order valence-corrected chi connectivity index (χ2v) is 2.51. The lowest BCUT2D eigenvalue weighted by molar-refractivity contribution is 0.631. The van der Waals surface area contributed by atoms with E-state index in [1.54, 1.807) is 0 Å². The standard InChI is InChI=1S/C6H8BN3/c7-10-4-5-1-2-8-3-6(5)9-10/h4,8H,1-3H2. The normalized spacial score (nSPS) is 16.8. The molecule has 1 aliphatic heterocycles. The molecule has 4 heteroatoms. The van der Waals surface area contributed by atoms with E-state index in [2.05, 4.69) is 10.4 Å². The van der Waals surface area contributed by atoms with Gasteiger partial charge >= 0.3 is 0 Å². The molecule has 0 saturated carbocycles. The Balaban J connectivity index is 2.41. The predicted octanol–water partition coefficient (Wildman–Crippen LogP) is -0.540. The second-order valence-electron chi connectivity index (χ2n) is 2.51. The van der Waals surface area contributed by atoms with Crippen molar-refractivity contribution in [1.29, 1.82) is 0 Å². The molecule has 2 radical (unpaired) electrons. The van der Waals surface area contributed by atoms with Crippen molar-refractivity contribution < 1.29 is 0 Å². The molecule has 2 heterocycles. The van der Waals surface area contributed by atoms with Gasteiger partial charge in [-0.15, -0.1) is 0 Å². The summed E-state index contributed by atoms with van der Waals surface area (Å²) in [4.78, 5) is 0. The zero-order chi connectivity index (χ0) is 6.97. The molecule has 0 atom stereocenters. The van der Waals surface area contributed by atoms with E-state index in [0.29, 0.717) is 0 Å². The summed E-state index contributed by atoms with van der Waals surface area (Å²) in [5.41, 5.74) is 2.37. The van der Waals surface area contributed by atoms with Crippen LogP contribution in [0.2, 0.25) is 0 Å². The molecule has 0 aliphatic carbocycles. The summed E-state index contributed by atoms with van der Waals surface area (Å²) in [5, 5.41) is 7.31. The molecule has 10 heavy (non-hydrogen) atoms. The Morgan fingerprint density at radius 1 is 1.70 bits per heavy atom. The zero-order valence-electron chi connectivity index (χ0n) is 5.67. The number of fused-ring (bicyclic) bond motifs is 1. The first kappa shape index (κ1) is 5.98. The number of aromatic nitrogens is 2. The molecule has 0 amide bonds. The Morgan fingerprint density at radius 3 is 3.40 bits per heavy atom. The molecule has 0 spiro atoms. The molecule has 0 fully saturated rings. The van der Waals surface area contributed by atoms with Crippen LogP contribution in [0.15, 0.2) is 6.20 Å². The first-order valence-electron chi connectivity index (χ1n) is 3.39. The van der Waals surface area contributed by atoms with E-state index in [4.69, 9.17) is 7.98 Å². The van der Waals surface area contributed by atoms with Gasteiger partial charge in [-0.25, -0.2) is 0 Å². The van der Waals surface area contributed by atoms with Crippen LogP contribution in [0.4, 0.5) is 0 Å². The fourth-order valence-electron chi connectivity index (χ4n) is 1.25. The molecule has 1 aliphatic rings. The number of hydrogen-bond acceptors (Lipinski definition) is 2. The molecular weight excluding hydrogens is 125 g/mol. The molecule has 1 aromatic heterocycles. The Kier molecular flexibility index (Phi) is 1.27. The van der Waals surface area contributed by atoms with E-state index in [1.807, 2.05) is 6.20 Å².